The normalized spacial score (nSPS) is 12.1. The summed E-state index contributed by atoms with van der Waals surface area (Å²) in [5, 5.41) is 3.42. The Balaban J connectivity index is 1.98. The molecule has 0 spiro atoms. The first-order valence-corrected chi connectivity index (χ1v) is 8.09. The summed E-state index contributed by atoms with van der Waals surface area (Å²) in [5.74, 6) is 0.792. The lowest BCUT2D eigenvalue weighted by molar-refractivity contribution is 0.304. The fraction of sp³-hybridized carbons (Fsp3) is 0.353. The number of hydrogen-bond acceptors (Lipinski definition) is 3. The summed E-state index contributed by atoms with van der Waals surface area (Å²) < 4.78 is 6.85. The van der Waals surface area contributed by atoms with Crippen molar-refractivity contribution in [2.75, 3.05) is 6.54 Å². The summed E-state index contributed by atoms with van der Waals surface area (Å²) >= 11 is 3.52. The van der Waals surface area contributed by atoms with Crippen LogP contribution in [0.25, 0.3) is 0 Å². The average Bonchev–Trinajstić information content (AvgIpc) is 2.52. The van der Waals surface area contributed by atoms with E-state index in [0.29, 0.717) is 12.6 Å². The molecule has 1 aromatic carbocycles. The van der Waals surface area contributed by atoms with Gasteiger partial charge in [-0.05, 0) is 31.2 Å². The Hall–Kier alpha value is -1.39. The highest BCUT2D eigenvalue weighted by Gasteiger charge is 2.09. The molecule has 0 saturated carbocycles. The Labute approximate surface area is 134 Å². The molecule has 0 fully saturated rings. The number of benzene rings is 1. The molecule has 1 unspecified atom stereocenters. The van der Waals surface area contributed by atoms with Gasteiger partial charge in [-0.25, -0.2) is 0 Å². The van der Waals surface area contributed by atoms with Crippen molar-refractivity contribution in [2.24, 2.45) is 0 Å². The fourth-order valence-electron chi connectivity index (χ4n) is 2.16. The first kappa shape index (κ1) is 16.0. The second-order valence-corrected chi connectivity index (χ2v) is 5.67. The van der Waals surface area contributed by atoms with E-state index in [1.165, 1.54) is 0 Å². The topological polar surface area (TPSA) is 34.1 Å². The summed E-state index contributed by atoms with van der Waals surface area (Å²) in [5.41, 5.74) is 2.19. The number of rotatable bonds is 7. The van der Waals surface area contributed by atoms with Crippen molar-refractivity contribution in [3.05, 3.63) is 58.3 Å². The Kier molecular flexibility index (Phi) is 6.21. The number of hydrogen-bond donors (Lipinski definition) is 1. The zero-order valence-corrected chi connectivity index (χ0v) is 14.1. The minimum Gasteiger partial charge on any atom is -0.487 e. The molecule has 1 N–H and O–H groups in total. The van der Waals surface area contributed by atoms with E-state index in [9.17, 15) is 0 Å². The smallest absolute Gasteiger partial charge is 0.138 e. The molecule has 1 heterocycles. The molecule has 0 amide bonds. The third-order valence-electron chi connectivity index (χ3n) is 3.33. The van der Waals surface area contributed by atoms with Gasteiger partial charge in [-0.2, -0.15) is 0 Å². The zero-order valence-electron chi connectivity index (χ0n) is 12.5. The highest BCUT2D eigenvalue weighted by atomic mass is 79.9. The van der Waals surface area contributed by atoms with Crippen LogP contribution in [0, 0.1) is 0 Å². The molecule has 4 heteroatoms. The predicted molar refractivity (Wildman–Crippen MR) is 89.4 cm³/mol. The zero-order chi connectivity index (χ0) is 15.1. The Morgan fingerprint density at radius 2 is 2.00 bits per heavy atom. The molecule has 0 aliphatic rings. The molecule has 0 saturated heterocycles. The maximum atomic E-state index is 5.79. The van der Waals surface area contributed by atoms with Gasteiger partial charge in [0.25, 0.3) is 0 Å². The molecule has 2 aromatic rings. The number of halogens is 1. The van der Waals surface area contributed by atoms with Crippen LogP contribution in [0.4, 0.5) is 0 Å². The second kappa shape index (κ2) is 8.15. The van der Waals surface area contributed by atoms with Gasteiger partial charge in [0.2, 0.25) is 0 Å². The predicted octanol–water partition coefficient (Wildman–Crippen LogP) is 4.48. The molecule has 3 nitrogen and oxygen atoms in total. The van der Waals surface area contributed by atoms with Gasteiger partial charge in [0, 0.05) is 16.1 Å². The Morgan fingerprint density at radius 3 is 2.62 bits per heavy atom. The number of pyridine rings is 1. The minimum absolute atomic E-state index is 0.312. The van der Waals surface area contributed by atoms with Crippen molar-refractivity contribution in [1.82, 2.24) is 10.3 Å². The van der Waals surface area contributed by atoms with Crippen LogP contribution in [0.15, 0.2) is 47.1 Å². The molecule has 0 bridgehead atoms. The van der Waals surface area contributed by atoms with Crippen LogP contribution in [0.2, 0.25) is 0 Å². The van der Waals surface area contributed by atoms with Gasteiger partial charge in [0.15, 0.2) is 0 Å². The molecule has 1 atom stereocenters. The van der Waals surface area contributed by atoms with Crippen LogP contribution < -0.4 is 10.1 Å². The lowest BCUT2D eigenvalue weighted by Gasteiger charge is -2.15. The van der Waals surface area contributed by atoms with Crippen LogP contribution in [-0.2, 0) is 6.61 Å². The van der Waals surface area contributed by atoms with E-state index in [1.807, 2.05) is 36.4 Å². The second-order valence-electron chi connectivity index (χ2n) is 4.82. The van der Waals surface area contributed by atoms with Crippen molar-refractivity contribution in [3.8, 4) is 5.75 Å². The summed E-state index contributed by atoms with van der Waals surface area (Å²) in [7, 11) is 0. The summed E-state index contributed by atoms with van der Waals surface area (Å²) in [6.45, 7) is 5.75. The summed E-state index contributed by atoms with van der Waals surface area (Å²) in [6.07, 6.45) is 2.82. The van der Waals surface area contributed by atoms with Crippen LogP contribution in [0.3, 0.4) is 0 Å². The quantitative estimate of drug-likeness (QED) is 0.800. The molecule has 2 rings (SSSR count). The standard InChI is InChI=1S/C17H21BrN2O/c1-3-16(19-4-2)17-10-9-14(11-20-17)21-12-13-7-5-6-8-15(13)18/h5-11,16,19H,3-4,12H2,1-2H3. The lowest BCUT2D eigenvalue weighted by atomic mass is 10.1. The largest absolute Gasteiger partial charge is 0.487 e. The molecule has 0 aliphatic heterocycles. The SMILES string of the molecule is CCNC(CC)c1ccc(OCc2ccccc2Br)cn1. The van der Waals surface area contributed by atoms with Crippen molar-refractivity contribution in [3.63, 3.8) is 0 Å². The van der Waals surface area contributed by atoms with E-state index in [2.05, 4.69) is 40.1 Å². The van der Waals surface area contributed by atoms with Gasteiger partial charge < -0.3 is 10.1 Å². The Morgan fingerprint density at radius 1 is 1.19 bits per heavy atom. The Bertz CT molecular complexity index is 557. The number of nitrogens with zero attached hydrogens (tertiary/aromatic N) is 1. The van der Waals surface area contributed by atoms with E-state index < -0.39 is 0 Å². The van der Waals surface area contributed by atoms with Crippen molar-refractivity contribution in [2.45, 2.75) is 32.9 Å². The third kappa shape index (κ3) is 4.55. The van der Waals surface area contributed by atoms with E-state index in [0.717, 1.165) is 34.4 Å². The van der Waals surface area contributed by atoms with Crippen LogP contribution >= 0.6 is 15.9 Å². The van der Waals surface area contributed by atoms with E-state index in [1.54, 1.807) is 6.20 Å². The molecular formula is C17H21BrN2O. The van der Waals surface area contributed by atoms with Gasteiger partial charge in [-0.3, -0.25) is 4.98 Å². The van der Waals surface area contributed by atoms with Crippen molar-refractivity contribution >= 4 is 15.9 Å². The van der Waals surface area contributed by atoms with Gasteiger partial charge in [0.05, 0.1) is 11.9 Å². The van der Waals surface area contributed by atoms with E-state index >= 15 is 0 Å². The first-order valence-electron chi connectivity index (χ1n) is 7.30. The van der Waals surface area contributed by atoms with E-state index in [-0.39, 0.29) is 0 Å². The van der Waals surface area contributed by atoms with Crippen LogP contribution in [0.5, 0.6) is 5.75 Å². The average molecular weight is 349 g/mol. The molecule has 21 heavy (non-hydrogen) atoms. The molecular weight excluding hydrogens is 328 g/mol. The molecule has 0 radical (unpaired) electrons. The fourth-order valence-corrected chi connectivity index (χ4v) is 2.56. The summed E-state index contributed by atoms with van der Waals surface area (Å²) in [4.78, 5) is 4.50. The van der Waals surface area contributed by atoms with Crippen LogP contribution in [0.1, 0.15) is 37.6 Å². The number of ether oxygens (including phenoxy) is 1. The van der Waals surface area contributed by atoms with Gasteiger partial charge >= 0.3 is 0 Å². The van der Waals surface area contributed by atoms with Gasteiger partial charge in [-0.1, -0.05) is 48.0 Å². The van der Waals surface area contributed by atoms with Crippen molar-refractivity contribution in [1.29, 1.82) is 0 Å². The molecule has 0 aliphatic carbocycles. The summed E-state index contributed by atoms with van der Waals surface area (Å²) in [6, 6.07) is 12.4. The van der Waals surface area contributed by atoms with Crippen LogP contribution in [-0.4, -0.2) is 11.5 Å². The number of aromatic nitrogens is 1. The molecule has 112 valence electrons. The maximum absolute atomic E-state index is 5.79. The first-order chi connectivity index (χ1) is 10.2. The molecule has 1 aromatic heterocycles. The monoisotopic (exact) mass is 348 g/mol. The lowest BCUT2D eigenvalue weighted by Crippen LogP contribution is -2.20. The minimum atomic E-state index is 0.312. The highest BCUT2D eigenvalue weighted by molar-refractivity contribution is 9.10. The van der Waals surface area contributed by atoms with Gasteiger partial charge in [-0.15, -0.1) is 0 Å². The third-order valence-corrected chi connectivity index (χ3v) is 4.10. The van der Waals surface area contributed by atoms with E-state index in [4.69, 9.17) is 4.74 Å². The highest BCUT2D eigenvalue weighted by Crippen LogP contribution is 2.20. The van der Waals surface area contributed by atoms with Gasteiger partial charge in [0.1, 0.15) is 12.4 Å². The number of nitrogens with one attached hydrogen (secondary N) is 1. The maximum Gasteiger partial charge on any atom is 0.138 e. The van der Waals surface area contributed by atoms with Crippen molar-refractivity contribution < 1.29 is 4.74 Å².